The number of halogens is 2. The molecule has 11 heteroatoms. The number of carboxylic acids is 1. The van der Waals surface area contributed by atoms with E-state index in [-0.39, 0.29) is 0 Å². The average molecular weight is 794 g/mol. The van der Waals surface area contributed by atoms with Gasteiger partial charge in [0.25, 0.3) is 0 Å². The Morgan fingerprint density at radius 2 is 1.54 bits per heavy atom. The zero-order chi connectivity index (χ0) is 40.1. The summed E-state index contributed by atoms with van der Waals surface area (Å²) in [5, 5.41) is 16.7. The number of pyridine rings is 1. The summed E-state index contributed by atoms with van der Waals surface area (Å²) in [5.74, 6) is -0.918. The van der Waals surface area contributed by atoms with Gasteiger partial charge in [-0.1, -0.05) is 59.6 Å². The maximum absolute atomic E-state index is 11.1. The van der Waals surface area contributed by atoms with E-state index in [9.17, 15) is 9.59 Å². The lowest BCUT2D eigenvalue weighted by atomic mass is 9.97. The van der Waals surface area contributed by atoms with Gasteiger partial charge in [0.15, 0.2) is 0 Å². The minimum atomic E-state index is -0.918. The van der Waals surface area contributed by atoms with E-state index in [0.29, 0.717) is 31.7 Å². The first kappa shape index (κ1) is 40.5. The molecule has 0 saturated carbocycles. The topological polar surface area (TPSA) is 96.5 Å². The molecule has 3 aromatic heterocycles. The number of aryl methyl sites for hydroxylation is 6. The summed E-state index contributed by atoms with van der Waals surface area (Å²) in [7, 11) is 1.99. The molecule has 1 amide bonds. The largest absolute Gasteiger partial charge is 0.478 e. The van der Waals surface area contributed by atoms with Crippen molar-refractivity contribution in [3.8, 4) is 11.1 Å². The summed E-state index contributed by atoms with van der Waals surface area (Å²) < 4.78 is 4.38. The fourth-order valence-electron chi connectivity index (χ4n) is 7.99. The number of carboxylic acid groups (broad SMARTS) is 1. The molecular weight excluding hydrogens is 743 g/mol. The number of aromatic carboxylic acids is 1. The van der Waals surface area contributed by atoms with Gasteiger partial charge < -0.3 is 19.5 Å². The maximum atomic E-state index is 11.1. The Hall–Kier alpha value is -5.12. The minimum Gasteiger partial charge on any atom is -0.478 e. The molecule has 1 aliphatic heterocycles. The first-order chi connectivity index (χ1) is 26.9. The first-order valence-electron chi connectivity index (χ1n) is 19.1. The highest BCUT2D eigenvalue weighted by Gasteiger charge is 2.24. The van der Waals surface area contributed by atoms with Crippen molar-refractivity contribution in [1.29, 1.82) is 0 Å². The van der Waals surface area contributed by atoms with Crippen LogP contribution in [-0.4, -0.2) is 67.9 Å². The maximum Gasteiger partial charge on any atom is 0.337 e. The van der Waals surface area contributed by atoms with Gasteiger partial charge in [-0.25, -0.2) is 4.79 Å². The zero-order valence-electron chi connectivity index (χ0n) is 33.1. The first-order valence-corrected chi connectivity index (χ1v) is 19.9. The van der Waals surface area contributed by atoms with Crippen molar-refractivity contribution in [2.75, 3.05) is 31.1 Å². The highest BCUT2D eigenvalue weighted by Crippen LogP contribution is 2.42. The van der Waals surface area contributed by atoms with Crippen molar-refractivity contribution in [3.05, 3.63) is 134 Å². The lowest BCUT2D eigenvalue weighted by Gasteiger charge is -2.34. The van der Waals surface area contributed by atoms with Crippen LogP contribution in [0.1, 0.15) is 68.1 Å². The molecule has 7 rings (SSSR count). The Labute approximate surface area is 339 Å². The molecule has 0 aliphatic carbocycles. The van der Waals surface area contributed by atoms with E-state index in [2.05, 4.69) is 74.5 Å². The number of hydrogen-bond donors (Lipinski definition) is 1. The van der Waals surface area contributed by atoms with Crippen molar-refractivity contribution in [3.63, 3.8) is 0 Å². The van der Waals surface area contributed by atoms with Gasteiger partial charge in [0, 0.05) is 85.1 Å². The van der Waals surface area contributed by atoms with Gasteiger partial charge in [0.1, 0.15) is 0 Å². The molecule has 0 unspecified atom stereocenters. The number of anilines is 1. The molecule has 9 nitrogen and oxygen atoms in total. The molecule has 1 saturated heterocycles. The van der Waals surface area contributed by atoms with Crippen LogP contribution < -0.4 is 4.90 Å². The summed E-state index contributed by atoms with van der Waals surface area (Å²) in [4.78, 5) is 29.8. The van der Waals surface area contributed by atoms with E-state index >= 15 is 0 Å². The predicted octanol–water partition coefficient (Wildman–Crippen LogP) is 9.56. The standard InChI is InChI=1S/C33H36Cl2N4.C12H14N2O3/c1-20-16-25(17-21(2)32(20)35)10-7-8-12-27-23(4)39(19-26-11-9-15-36-18-26)33-28(27)13-14-29(34)31(33)30-22(3)37-38(6)24(30)5;15-9-13-5-7-14(8-6-13)11-4-2-1-3-10(11)12(16)17/h9,11,13-18H,7-8,10,12,19H2,1-6H3;1-4,9H,5-8H2,(H,16,17). The van der Waals surface area contributed by atoms with Gasteiger partial charge in [-0.2, -0.15) is 5.10 Å². The van der Waals surface area contributed by atoms with E-state index < -0.39 is 5.97 Å². The third-order valence-electron chi connectivity index (χ3n) is 11.0. The smallest absolute Gasteiger partial charge is 0.337 e. The number of para-hydroxylation sites is 1. The molecule has 4 heterocycles. The summed E-state index contributed by atoms with van der Waals surface area (Å²) in [6.07, 6.45) is 8.90. The van der Waals surface area contributed by atoms with Gasteiger partial charge in [-0.15, -0.1) is 0 Å². The highest BCUT2D eigenvalue weighted by atomic mass is 35.5. The Morgan fingerprint density at radius 1 is 0.839 bits per heavy atom. The average Bonchev–Trinajstić information content (AvgIpc) is 3.61. The lowest BCUT2D eigenvalue weighted by Crippen LogP contribution is -2.46. The molecule has 0 radical (unpaired) electrons. The van der Waals surface area contributed by atoms with Crippen LogP contribution in [0.15, 0.2) is 73.1 Å². The number of benzene rings is 3. The quantitative estimate of drug-likeness (QED) is 0.104. The third-order valence-corrected chi connectivity index (χ3v) is 11.9. The van der Waals surface area contributed by atoms with Crippen LogP contribution in [0.2, 0.25) is 10.0 Å². The second-order valence-corrected chi connectivity index (χ2v) is 15.5. The molecule has 1 aliphatic rings. The van der Waals surface area contributed by atoms with Gasteiger partial charge in [-0.05, 0) is 112 Å². The van der Waals surface area contributed by atoms with Gasteiger partial charge in [0.2, 0.25) is 6.41 Å². The Kier molecular flexibility index (Phi) is 12.9. The van der Waals surface area contributed by atoms with E-state index in [1.165, 1.54) is 33.3 Å². The molecule has 1 fully saturated rings. The highest BCUT2D eigenvalue weighted by molar-refractivity contribution is 6.35. The Balaban J connectivity index is 0.000000261. The molecule has 56 heavy (non-hydrogen) atoms. The summed E-state index contributed by atoms with van der Waals surface area (Å²) in [5.41, 5.74) is 14.1. The van der Waals surface area contributed by atoms with Gasteiger partial charge in [-0.3, -0.25) is 14.5 Å². The number of hydrogen-bond acceptors (Lipinski definition) is 5. The number of piperazine rings is 1. The molecule has 1 N–H and O–H groups in total. The fourth-order valence-corrected chi connectivity index (χ4v) is 8.34. The van der Waals surface area contributed by atoms with E-state index in [0.717, 1.165) is 88.0 Å². The molecule has 3 aromatic carbocycles. The number of unbranched alkanes of at least 4 members (excludes halogenated alkanes) is 1. The third kappa shape index (κ3) is 8.64. The Bertz CT molecular complexity index is 2340. The van der Waals surface area contributed by atoms with Crippen LogP contribution in [0.5, 0.6) is 0 Å². The zero-order valence-corrected chi connectivity index (χ0v) is 34.6. The molecule has 0 spiro atoms. The number of amides is 1. The SMILES string of the molecule is Cc1cc(CCCCc2c(C)n(Cc3cccnc3)c3c(-c4c(C)nn(C)c4C)c(Cl)ccc23)cc(C)c1Cl.O=CN1CCN(c2ccccc2C(=O)O)CC1. The van der Waals surface area contributed by atoms with Gasteiger partial charge in [0.05, 0.1) is 27.5 Å². The fraction of sp³-hybridized carbons (Fsp3) is 0.333. The number of carbonyl (C=O) groups is 2. The van der Waals surface area contributed by atoms with E-state index in [1.54, 1.807) is 23.1 Å². The monoisotopic (exact) mass is 792 g/mol. The molecule has 0 bridgehead atoms. The number of fused-ring (bicyclic) bond motifs is 1. The predicted molar refractivity (Wildman–Crippen MR) is 228 cm³/mol. The van der Waals surface area contributed by atoms with Crippen molar-refractivity contribution in [2.24, 2.45) is 7.05 Å². The van der Waals surface area contributed by atoms with Crippen molar-refractivity contribution in [1.82, 2.24) is 24.2 Å². The second kappa shape index (κ2) is 17.8. The molecular formula is C45H50Cl2N6O3. The summed E-state index contributed by atoms with van der Waals surface area (Å²) in [6, 6.07) is 19.8. The lowest BCUT2D eigenvalue weighted by molar-refractivity contribution is -0.118. The number of nitrogens with zero attached hydrogens (tertiary/aromatic N) is 6. The second-order valence-electron chi connectivity index (χ2n) is 14.7. The summed E-state index contributed by atoms with van der Waals surface area (Å²) >= 11 is 13.4. The van der Waals surface area contributed by atoms with Crippen LogP contribution in [0.4, 0.5) is 5.69 Å². The van der Waals surface area contributed by atoms with Crippen LogP contribution in [-0.2, 0) is 31.2 Å². The number of rotatable bonds is 11. The molecule has 292 valence electrons. The van der Waals surface area contributed by atoms with Crippen LogP contribution >= 0.6 is 23.2 Å². The van der Waals surface area contributed by atoms with Crippen molar-refractivity contribution >= 4 is 52.2 Å². The van der Waals surface area contributed by atoms with Crippen LogP contribution in [0.3, 0.4) is 0 Å². The van der Waals surface area contributed by atoms with Crippen molar-refractivity contribution < 1.29 is 14.7 Å². The van der Waals surface area contributed by atoms with Crippen LogP contribution in [0.25, 0.3) is 22.0 Å². The van der Waals surface area contributed by atoms with Gasteiger partial charge >= 0.3 is 5.97 Å². The molecule has 0 atom stereocenters. The normalized spacial score (nSPS) is 12.9. The summed E-state index contributed by atoms with van der Waals surface area (Å²) in [6.45, 7) is 14.0. The number of carbonyl (C=O) groups excluding carboxylic acids is 1. The number of aromatic nitrogens is 4. The Morgan fingerprint density at radius 3 is 2.16 bits per heavy atom. The van der Waals surface area contributed by atoms with E-state index in [4.69, 9.17) is 33.4 Å². The molecule has 6 aromatic rings. The van der Waals surface area contributed by atoms with Crippen molar-refractivity contribution in [2.45, 2.75) is 66.8 Å². The van der Waals surface area contributed by atoms with E-state index in [1.807, 2.05) is 41.2 Å². The minimum absolute atomic E-state index is 0.312. The van der Waals surface area contributed by atoms with Crippen LogP contribution in [0, 0.1) is 34.6 Å².